The molecular weight excluding hydrogens is 404 g/mol. The summed E-state index contributed by atoms with van der Waals surface area (Å²) >= 11 is 0. The molecule has 0 aromatic heterocycles. The number of benzene rings is 2. The van der Waals surface area contributed by atoms with E-state index >= 15 is 0 Å². The van der Waals surface area contributed by atoms with Crippen LogP contribution in [-0.4, -0.2) is 51.5 Å². The standard InChI is InChI=1S/C26H36N2O4/c1-19(2)26(18-27,22-9-10-23(30-4)25(16-22)32-6)12-14-28(3)13-11-20-7-8-21(17-29)24(15-20)31-5/h7-10,15-16,19,29H,11-14,17H2,1-6H3/t26-/m1/s1. The van der Waals surface area contributed by atoms with Gasteiger partial charge in [-0.25, -0.2) is 0 Å². The van der Waals surface area contributed by atoms with Crippen molar-refractivity contribution in [2.75, 3.05) is 41.5 Å². The van der Waals surface area contributed by atoms with Gasteiger partial charge in [0.25, 0.3) is 0 Å². The molecule has 0 spiro atoms. The smallest absolute Gasteiger partial charge is 0.161 e. The molecule has 0 saturated heterocycles. The Bertz CT molecular complexity index is 923. The SMILES string of the molecule is COc1cc(CCN(C)CC[C@](C#N)(c2ccc(OC)c(OC)c2)C(C)C)ccc1CO. The van der Waals surface area contributed by atoms with Gasteiger partial charge in [-0.1, -0.05) is 32.0 Å². The molecular formula is C26H36N2O4. The van der Waals surface area contributed by atoms with Gasteiger partial charge in [0.1, 0.15) is 5.75 Å². The minimum absolute atomic E-state index is 0.0368. The van der Waals surface area contributed by atoms with E-state index in [9.17, 15) is 10.4 Å². The van der Waals surface area contributed by atoms with Crippen molar-refractivity contribution in [3.8, 4) is 23.3 Å². The molecule has 6 heteroatoms. The first kappa shape index (κ1) is 25.5. The van der Waals surface area contributed by atoms with Gasteiger partial charge >= 0.3 is 0 Å². The lowest BCUT2D eigenvalue weighted by Gasteiger charge is -2.33. The fourth-order valence-electron chi connectivity index (χ4n) is 4.00. The average molecular weight is 441 g/mol. The molecule has 0 bridgehead atoms. The lowest BCUT2D eigenvalue weighted by atomic mass is 9.70. The fraction of sp³-hybridized carbons (Fsp3) is 0.500. The minimum Gasteiger partial charge on any atom is -0.496 e. The van der Waals surface area contributed by atoms with E-state index in [1.54, 1.807) is 21.3 Å². The molecule has 0 radical (unpaired) electrons. The molecule has 0 heterocycles. The zero-order chi connectivity index (χ0) is 23.7. The van der Waals surface area contributed by atoms with Crippen molar-refractivity contribution in [1.82, 2.24) is 4.90 Å². The molecule has 0 saturated carbocycles. The normalized spacial score (nSPS) is 13.0. The number of likely N-dealkylation sites (N-methyl/N-ethyl adjacent to an activating group) is 1. The van der Waals surface area contributed by atoms with Crippen molar-refractivity contribution >= 4 is 0 Å². The molecule has 2 aromatic rings. The van der Waals surface area contributed by atoms with Crippen LogP contribution in [0.25, 0.3) is 0 Å². The van der Waals surface area contributed by atoms with Crippen LogP contribution < -0.4 is 14.2 Å². The van der Waals surface area contributed by atoms with Crippen LogP contribution in [0.1, 0.15) is 37.0 Å². The summed E-state index contributed by atoms with van der Waals surface area (Å²) in [6, 6.07) is 14.3. The molecule has 2 rings (SSSR count). The van der Waals surface area contributed by atoms with Gasteiger partial charge in [0, 0.05) is 12.1 Å². The van der Waals surface area contributed by atoms with Crippen LogP contribution in [0.2, 0.25) is 0 Å². The third-order valence-electron chi connectivity index (χ3n) is 6.28. The lowest BCUT2D eigenvalue weighted by molar-refractivity contribution is 0.271. The maximum atomic E-state index is 10.2. The molecule has 0 aliphatic heterocycles. The van der Waals surface area contributed by atoms with Crippen LogP contribution in [0.5, 0.6) is 17.2 Å². The van der Waals surface area contributed by atoms with E-state index in [1.807, 2.05) is 36.4 Å². The number of methoxy groups -OCH3 is 3. The zero-order valence-corrected chi connectivity index (χ0v) is 20.1. The van der Waals surface area contributed by atoms with Crippen molar-refractivity contribution in [1.29, 1.82) is 5.26 Å². The number of rotatable bonds is 12. The van der Waals surface area contributed by atoms with Crippen LogP contribution in [0, 0.1) is 17.2 Å². The quantitative estimate of drug-likeness (QED) is 0.534. The van der Waals surface area contributed by atoms with Gasteiger partial charge in [0.15, 0.2) is 11.5 Å². The second-order valence-corrected chi connectivity index (χ2v) is 8.42. The molecule has 1 atom stereocenters. The predicted octanol–water partition coefficient (Wildman–Crippen LogP) is 4.19. The van der Waals surface area contributed by atoms with Gasteiger partial charge in [-0.2, -0.15) is 5.26 Å². The van der Waals surface area contributed by atoms with Gasteiger partial charge < -0.3 is 24.2 Å². The van der Waals surface area contributed by atoms with Gasteiger partial charge in [-0.3, -0.25) is 0 Å². The first-order valence-electron chi connectivity index (χ1n) is 10.9. The fourth-order valence-corrected chi connectivity index (χ4v) is 4.00. The van der Waals surface area contributed by atoms with Crippen molar-refractivity contribution in [2.45, 2.75) is 38.7 Å². The van der Waals surface area contributed by atoms with Crippen molar-refractivity contribution in [3.63, 3.8) is 0 Å². The summed E-state index contributed by atoms with van der Waals surface area (Å²) in [5, 5.41) is 19.6. The summed E-state index contributed by atoms with van der Waals surface area (Å²) in [4.78, 5) is 2.25. The molecule has 0 aliphatic carbocycles. The Morgan fingerprint density at radius 1 is 0.969 bits per heavy atom. The summed E-state index contributed by atoms with van der Waals surface area (Å²) in [5.74, 6) is 2.14. The lowest BCUT2D eigenvalue weighted by Crippen LogP contribution is -2.36. The van der Waals surface area contributed by atoms with E-state index in [0.29, 0.717) is 23.7 Å². The summed E-state index contributed by atoms with van der Waals surface area (Å²) < 4.78 is 16.2. The topological polar surface area (TPSA) is 75.0 Å². The van der Waals surface area contributed by atoms with Crippen LogP contribution in [-0.2, 0) is 18.4 Å². The Balaban J connectivity index is 2.11. The third kappa shape index (κ3) is 5.73. The number of hydrogen-bond acceptors (Lipinski definition) is 6. The number of nitriles is 1. The van der Waals surface area contributed by atoms with Crippen LogP contribution >= 0.6 is 0 Å². The molecule has 0 fully saturated rings. The Morgan fingerprint density at radius 3 is 2.22 bits per heavy atom. The van der Waals surface area contributed by atoms with Gasteiger partial charge in [-0.15, -0.1) is 0 Å². The second kappa shape index (κ2) is 11.8. The highest BCUT2D eigenvalue weighted by atomic mass is 16.5. The average Bonchev–Trinajstić information content (AvgIpc) is 2.82. The molecule has 174 valence electrons. The first-order chi connectivity index (χ1) is 15.3. The summed E-state index contributed by atoms with van der Waals surface area (Å²) in [7, 11) is 6.92. The van der Waals surface area contributed by atoms with Crippen molar-refractivity contribution in [2.24, 2.45) is 5.92 Å². The minimum atomic E-state index is -0.625. The first-order valence-corrected chi connectivity index (χ1v) is 10.9. The van der Waals surface area contributed by atoms with Gasteiger partial charge in [0.2, 0.25) is 0 Å². The number of hydrogen-bond donors (Lipinski definition) is 1. The largest absolute Gasteiger partial charge is 0.496 e. The van der Waals surface area contributed by atoms with E-state index in [2.05, 4.69) is 31.9 Å². The maximum absolute atomic E-state index is 10.2. The van der Waals surface area contributed by atoms with Crippen LogP contribution in [0.4, 0.5) is 0 Å². The van der Waals surface area contributed by atoms with E-state index in [1.165, 1.54) is 0 Å². The van der Waals surface area contributed by atoms with E-state index < -0.39 is 5.41 Å². The molecule has 32 heavy (non-hydrogen) atoms. The van der Waals surface area contributed by atoms with E-state index in [0.717, 1.165) is 36.2 Å². The molecule has 6 nitrogen and oxygen atoms in total. The summed E-state index contributed by atoms with van der Waals surface area (Å²) in [5.41, 5.74) is 2.27. The number of aliphatic hydroxyl groups is 1. The van der Waals surface area contributed by atoms with Crippen LogP contribution in [0.15, 0.2) is 36.4 Å². The number of nitrogens with zero attached hydrogens (tertiary/aromatic N) is 2. The van der Waals surface area contributed by atoms with E-state index in [4.69, 9.17) is 14.2 Å². The second-order valence-electron chi connectivity index (χ2n) is 8.42. The summed E-state index contributed by atoms with van der Waals surface area (Å²) in [6.07, 6.45) is 1.57. The molecule has 1 N–H and O–H groups in total. The Labute approximate surface area is 192 Å². The van der Waals surface area contributed by atoms with Gasteiger partial charge in [0.05, 0.1) is 39.4 Å². The van der Waals surface area contributed by atoms with Crippen molar-refractivity contribution in [3.05, 3.63) is 53.1 Å². The molecule has 0 amide bonds. The van der Waals surface area contributed by atoms with Gasteiger partial charge in [-0.05, 0) is 61.7 Å². The molecule has 0 aliphatic rings. The highest BCUT2D eigenvalue weighted by molar-refractivity contribution is 5.47. The predicted molar refractivity (Wildman–Crippen MR) is 126 cm³/mol. The number of aliphatic hydroxyl groups excluding tert-OH is 1. The maximum Gasteiger partial charge on any atom is 0.161 e. The zero-order valence-electron chi connectivity index (χ0n) is 20.1. The summed E-state index contributed by atoms with van der Waals surface area (Å²) in [6.45, 7) is 5.79. The third-order valence-corrected chi connectivity index (χ3v) is 6.28. The highest BCUT2D eigenvalue weighted by Crippen LogP contribution is 2.39. The highest BCUT2D eigenvalue weighted by Gasteiger charge is 2.36. The van der Waals surface area contributed by atoms with Crippen molar-refractivity contribution < 1.29 is 19.3 Å². The van der Waals surface area contributed by atoms with Crippen LogP contribution in [0.3, 0.4) is 0 Å². The monoisotopic (exact) mass is 440 g/mol. The Hall–Kier alpha value is -2.75. The molecule has 0 unspecified atom stereocenters. The Kier molecular flexibility index (Phi) is 9.37. The molecule has 2 aromatic carbocycles. The Morgan fingerprint density at radius 2 is 1.66 bits per heavy atom. The number of ether oxygens (including phenoxy) is 3. The van der Waals surface area contributed by atoms with E-state index in [-0.39, 0.29) is 12.5 Å².